The van der Waals surface area contributed by atoms with Gasteiger partial charge in [0, 0.05) is 12.5 Å². The van der Waals surface area contributed by atoms with Crippen molar-refractivity contribution < 1.29 is 5.11 Å². The molecule has 2 aromatic rings. The van der Waals surface area contributed by atoms with Crippen molar-refractivity contribution in [3.8, 4) is 0 Å². The highest BCUT2D eigenvalue weighted by Crippen LogP contribution is 2.36. The molecule has 2 heterocycles. The number of nitrogens with zero attached hydrogens (tertiary/aromatic N) is 6. The van der Waals surface area contributed by atoms with Gasteiger partial charge in [0.05, 0.1) is 23.7 Å². The standard InChI is InChI=1S/C14H17N7O2/c15-14-17-12-11(13(18-14)21(19-23)9-3-4-9)16-7-20(12)10-2-1-8(5-10)6-22/h1-2,7-10,22H,3-6H2,(H2,15,17,18). The second-order valence-electron chi connectivity index (χ2n) is 6.02. The maximum atomic E-state index is 11.2. The van der Waals surface area contributed by atoms with Crippen LogP contribution in [0, 0.1) is 10.8 Å². The topological polar surface area (TPSA) is 123 Å². The van der Waals surface area contributed by atoms with Gasteiger partial charge in [0.15, 0.2) is 17.0 Å². The first-order valence-electron chi connectivity index (χ1n) is 7.63. The molecule has 0 amide bonds. The lowest BCUT2D eigenvalue weighted by Gasteiger charge is -2.15. The van der Waals surface area contributed by atoms with Crippen molar-refractivity contribution in [1.29, 1.82) is 0 Å². The van der Waals surface area contributed by atoms with Crippen LogP contribution in [0.2, 0.25) is 0 Å². The first-order valence-corrected chi connectivity index (χ1v) is 7.63. The molecule has 0 spiro atoms. The number of aliphatic hydroxyl groups excluding tert-OH is 1. The molecule has 1 fully saturated rings. The number of anilines is 2. The molecular weight excluding hydrogens is 298 g/mol. The van der Waals surface area contributed by atoms with Crippen LogP contribution in [0.1, 0.15) is 25.3 Å². The third kappa shape index (κ3) is 2.33. The van der Waals surface area contributed by atoms with Crippen molar-refractivity contribution in [3.63, 3.8) is 0 Å². The lowest BCUT2D eigenvalue weighted by Crippen LogP contribution is -2.20. The molecule has 1 saturated carbocycles. The van der Waals surface area contributed by atoms with Crippen molar-refractivity contribution in [2.75, 3.05) is 17.3 Å². The Kier molecular flexibility index (Phi) is 3.22. The monoisotopic (exact) mass is 315 g/mol. The lowest BCUT2D eigenvalue weighted by molar-refractivity contribution is 0.244. The fourth-order valence-electron chi connectivity index (χ4n) is 3.01. The number of nitrogen functional groups attached to an aromatic ring is 1. The van der Waals surface area contributed by atoms with Crippen LogP contribution in [0.4, 0.5) is 11.8 Å². The maximum Gasteiger partial charge on any atom is 0.224 e. The van der Waals surface area contributed by atoms with E-state index in [1.165, 1.54) is 5.01 Å². The second-order valence-corrected chi connectivity index (χ2v) is 6.02. The molecule has 9 heteroatoms. The van der Waals surface area contributed by atoms with E-state index in [4.69, 9.17) is 5.73 Å². The summed E-state index contributed by atoms with van der Waals surface area (Å²) in [6, 6.07) is 0.123. The maximum absolute atomic E-state index is 11.2. The van der Waals surface area contributed by atoms with Crippen molar-refractivity contribution in [2.45, 2.75) is 31.3 Å². The molecule has 0 radical (unpaired) electrons. The smallest absolute Gasteiger partial charge is 0.224 e. The summed E-state index contributed by atoms with van der Waals surface area (Å²) in [4.78, 5) is 24.0. The van der Waals surface area contributed by atoms with E-state index in [0.717, 1.165) is 19.3 Å². The Bertz CT molecular complexity index is 783. The Labute approximate surface area is 131 Å². The second kappa shape index (κ2) is 5.27. The van der Waals surface area contributed by atoms with Crippen molar-refractivity contribution >= 4 is 22.9 Å². The van der Waals surface area contributed by atoms with Gasteiger partial charge in [-0.15, -0.1) is 4.91 Å². The van der Waals surface area contributed by atoms with Crippen LogP contribution >= 0.6 is 0 Å². The minimum atomic E-state index is 0.0536. The van der Waals surface area contributed by atoms with Crippen LogP contribution in [0.5, 0.6) is 0 Å². The van der Waals surface area contributed by atoms with Crippen molar-refractivity contribution in [1.82, 2.24) is 19.5 Å². The minimum absolute atomic E-state index is 0.0536. The summed E-state index contributed by atoms with van der Waals surface area (Å²) in [5, 5.41) is 13.7. The predicted octanol–water partition coefficient (Wildman–Crippen LogP) is 1.17. The Morgan fingerprint density at radius 1 is 1.39 bits per heavy atom. The van der Waals surface area contributed by atoms with E-state index < -0.39 is 0 Å². The zero-order valence-corrected chi connectivity index (χ0v) is 12.4. The van der Waals surface area contributed by atoms with Crippen LogP contribution in [0.25, 0.3) is 11.2 Å². The molecule has 2 aromatic heterocycles. The fourth-order valence-corrected chi connectivity index (χ4v) is 3.01. The molecule has 2 unspecified atom stereocenters. The number of allylic oxidation sites excluding steroid dienone is 1. The van der Waals surface area contributed by atoms with E-state index in [9.17, 15) is 10.0 Å². The third-order valence-electron chi connectivity index (χ3n) is 4.36. The fraction of sp³-hybridized carbons (Fsp3) is 0.500. The number of nitrogens with two attached hydrogens (primary N) is 1. The van der Waals surface area contributed by atoms with E-state index >= 15 is 0 Å². The highest BCUT2D eigenvalue weighted by Gasteiger charge is 2.34. The number of hydrogen-bond donors (Lipinski definition) is 2. The quantitative estimate of drug-likeness (QED) is 0.482. The van der Waals surface area contributed by atoms with Gasteiger partial charge in [-0.05, 0) is 19.3 Å². The molecule has 0 saturated heterocycles. The Morgan fingerprint density at radius 3 is 2.87 bits per heavy atom. The summed E-state index contributed by atoms with van der Waals surface area (Å²) in [6.07, 6.45) is 8.28. The van der Waals surface area contributed by atoms with Crippen molar-refractivity contribution in [3.05, 3.63) is 23.4 Å². The van der Waals surface area contributed by atoms with Gasteiger partial charge < -0.3 is 15.4 Å². The first kappa shape index (κ1) is 14.1. The number of imidazole rings is 1. The van der Waals surface area contributed by atoms with Gasteiger partial charge in [-0.3, -0.25) is 0 Å². The summed E-state index contributed by atoms with van der Waals surface area (Å²) >= 11 is 0. The van der Waals surface area contributed by atoms with Gasteiger partial charge in [-0.1, -0.05) is 12.2 Å². The predicted molar refractivity (Wildman–Crippen MR) is 84.4 cm³/mol. The Hall–Kier alpha value is -2.55. The molecule has 2 aliphatic carbocycles. The average molecular weight is 315 g/mol. The molecular formula is C14H17N7O2. The van der Waals surface area contributed by atoms with E-state index in [-0.39, 0.29) is 30.6 Å². The van der Waals surface area contributed by atoms with Crippen LogP contribution in [-0.4, -0.2) is 37.3 Å². The highest BCUT2D eigenvalue weighted by molar-refractivity contribution is 5.85. The zero-order chi connectivity index (χ0) is 16.0. The summed E-state index contributed by atoms with van der Waals surface area (Å²) in [5.41, 5.74) is 6.92. The molecule has 0 bridgehead atoms. The lowest BCUT2D eigenvalue weighted by atomic mass is 10.1. The van der Waals surface area contributed by atoms with E-state index in [1.54, 1.807) is 6.33 Å². The molecule has 3 N–H and O–H groups in total. The summed E-state index contributed by atoms with van der Waals surface area (Å²) in [7, 11) is 0. The zero-order valence-electron chi connectivity index (χ0n) is 12.4. The Morgan fingerprint density at radius 2 is 2.22 bits per heavy atom. The summed E-state index contributed by atoms with van der Waals surface area (Å²) in [6.45, 7) is 0.118. The SMILES string of the molecule is Nc1nc(N(N=O)C2CC2)c2ncn(C3C=CC(CO)C3)c2n1. The number of rotatable bonds is 5. The molecule has 9 nitrogen and oxygen atoms in total. The molecule has 120 valence electrons. The molecule has 2 atom stereocenters. The van der Waals surface area contributed by atoms with Gasteiger partial charge >= 0.3 is 0 Å². The number of hydrogen-bond acceptors (Lipinski definition) is 7. The van der Waals surface area contributed by atoms with Gasteiger partial charge in [-0.2, -0.15) is 9.97 Å². The van der Waals surface area contributed by atoms with Gasteiger partial charge in [-0.25, -0.2) is 9.99 Å². The normalized spacial score (nSPS) is 23.5. The minimum Gasteiger partial charge on any atom is -0.396 e. The number of aromatic nitrogens is 4. The van der Waals surface area contributed by atoms with Crippen LogP contribution in [0.15, 0.2) is 23.8 Å². The average Bonchev–Trinajstić information content (AvgIpc) is 3.11. The molecule has 0 aliphatic heterocycles. The largest absolute Gasteiger partial charge is 0.396 e. The molecule has 2 aliphatic rings. The van der Waals surface area contributed by atoms with E-state index in [0.29, 0.717) is 17.0 Å². The summed E-state index contributed by atoms with van der Waals surface area (Å²) in [5.74, 6) is 0.587. The molecule has 4 rings (SSSR count). The van der Waals surface area contributed by atoms with Crippen LogP contribution in [0.3, 0.4) is 0 Å². The van der Waals surface area contributed by atoms with E-state index in [1.807, 2.05) is 16.7 Å². The first-order chi connectivity index (χ1) is 11.2. The van der Waals surface area contributed by atoms with Gasteiger partial charge in [0.1, 0.15) is 0 Å². The number of fused-ring (bicyclic) bond motifs is 1. The van der Waals surface area contributed by atoms with Gasteiger partial charge in [0.25, 0.3) is 0 Å². The van der Waals surface area contributed by atoms with Gasteiger partial charge in [0.2, 0.25) is 5.95 Å². The van der Waals surface area contributed by atoms with Crippen molar-refractivity contribution in [2.24, 2.45) is 11.2 Å². The Balaban J connectivity index is 1.79. The van der Waals surface area contributed by atoms with Crippen LogP contribution in [-0.2, 0) is 0 Å². The third-order valence-corrected chi connectivity index (χ3v) is 4.36. The number of nitroso groups, excluding NO2 is 1. The molecule has 0 aromatic carbocycles. The highest BCUT2D eigenvalue weighted by atomic mass is 16.3. The summed E-state index contributed by atoms with van der Waals surface area (Å²) < 4.78 is 1.90. The van der Waals surface area contributed by atoms with E-state index in [2.05, 4.69) is 20.2 Å². The number of aliphatic hydroxyl groups is 1. The molecule has 23 heavy (non-hydrogen) atoms. The van der Waals surface area contributed by atoms with Crippen LogP contribution < -0.4 is 10.7 Å².